The molecule has 5 rings (SSSR count). The second-order valence-electron chi connectivity index (χ2n) is 8.30. The van der Waals surface area contributed by atoms with Crippen LogP contribution in [-0.2, 0) is 0 Å². The molecule has 0 spiro atoms. The molecule has 4 aromatic rings. The summed E-state index contributed by atoms with van der Waals surface area (Å²) in [6, 6.07) is 7.52. The van der Waals surface area contributed by atoms with Crippen LogP contribution >= 0.6 is 0 Å². The third-order valence-electron chi connectivity index (χ3n) is 6.09. The molecule has 7 nitrogen and oxygen atoms in total. The zero-order valence-corrected chi connectivity index (χ0v) is 18.0. The minimum absolute atomic E-state index is 0.155. The molecule has 0 radical (unpaired) electrons. The van der Waals surface area contributed by atoms with Crippen molar-refractivity contribution >= 4 is 17.0 Å². The number of pyridine rings is 1. The number of aryl methyl sites for hydroxylation is 1. The number of alkyl halides is 2. The normalized spacial score (nSPS) is 15.2. The molecule has 2 N–H and O–H groups in total. The molecular weight excluding hydrogens is 426 g/mol. The van der Waals surface area contributed by atoms with Crippen molar-refractivity contribution in [2.24, 2.45) is 0 Å². The topological polar surface area (TPSA) is 102 Å². The molecule has 9 heteroatoms. The highest BCUT2D eigenvalue weighted by atomic mass is 19.3. The summed E-state index contributed by atoms with van der Waals surface area (Å²) in [7, 11) is 0. The van der Waals surface area contributed by atoms with E-state index in [2.05, 4.69) is 26.0 Å². The molecule has 33 heavy (non-hydrogen) atoms. The average molecular weight is 446 g/mol. The molecule has 1 aliphatic rings. The molecule has 0 unspecified atom stereocenters. The number of phenolic OH excluding ortho intramolecular Hbond substituents is 1. The summed E-state index contributed by atoms with van der Waals surface area (Å²) in [4.78, 5) is 17.7. The predicted octanol–water partition coefficient (Wildman–Crippen LogP) is 4.73. The first-order valence-corrected chi connectivity index (χ1v) is 10.4. The molecule has 0 amide bonds. The molecule has 0 aliphatic carbocycles. The quantitative estimate of drug-likeness (QED) is 0.472. The molecule has 1 aliphatic heterocycles. The van der Waals surface area contributed by atoms with Gasteiger partial charge in [0.15, 0.2) is 0 Å². The van der Waals surface area contributed by atoms with Crippen LogP contribution in [0.25, 0.3) is 33.4 Å². The van der Waals surface area contributed by atoms with Gasteiger partial charge in [-0.25, -0.2) is 23.7 Å². The third kappa shape index (κ3) is 3.53. The van der Waals surface area contributed by atoms with Crippen LogP contribution in [0.4, 0.5) is 14.7 Å². The average Bonchev–Trinajstić information content (AvgIpc) is 3.39. The number of hydrogen-bond acceptors (Lipinski definition) is 6. The van der Waals surface area contributed by atoms with Gasteiger partial charge in [0.25, 0.3) is 5.92 Å². The zero-order chi connectivity index (χ0) is 23.3. The first-order valence-electron chi connectivity index (χ1n) is 10.4. The Morgan fingerprint density at radius 2 is 1.91 bits per heavy atom. The van der Waals surface area contributed by atoms with Crippen LogP contribution in [0.3, 0.4) is 0 Å². The number of aromatic nitrogens is 4. The molecule has 1 fully saturated rings. The maximum absolute atomic E-state index is 13.5. The van der Waals surface area contributed by atoms with E-state index >= 15 is 0 Å². The second kappa shape index (κ2) is 7.52. The summed E-state index contributed by atoms with van der Waals surface area (Å²) in [6.45, 7) is 3.56. The molecular formula is C24H20F2N6O. The minimum Gasteiger partial charge on any atom is -0.508 e. The van der Waals surface area contributed by atoms with Gasteiger partial charge < -0.3 is 15.0 Å². The number of aromatic amines is 1. The van der Waals surface area contributed by atoms with Gasteiger partial charge in [-0.3, -0.25) is 0 Å². The molecule has 4 heterocycles. The van der Waals surface area contributed by atoms with Crippen molar-refractivity contribution in [2.45, 2.75) is 26.2 Å². The molecule has 166 valence electrons. The van der Waals surface area contributed by atoms with E-state index in [1.165, 1.54) is 4.90 Å². The molecule has 0 atom stereocenters. The number of nitrogens with one attached hydrogen (secondary N) is 1. The van der Waals surface area contributed by atoms with Crippen molar-refractivity contribution in [3.63, 3.8) is 0 Å². The number of H-pyrrole nitrogens is 1. The summed E-state index contributed by atoms with van der Waals surface area (Å²) in [5.41, 5.74) is 5.31. The number of rotatable bonds is 3. The minimum atomic E-state index is -2.72. The Balaban J connectivity index is 1.55. The number of fused-ring (bicyclic) bond motifs is 1. The summed E-state index contributed by atoms with van der Waals surface area (Å²) in [6.07, 6.45) is 4.56. The second-order valence-corrected chi connectivity index (χ2v) is 8.30. The van der Waals surface area contributed by atoms with E-state index in [0.717, 1.165) is 11.1 Å². The van der Waals surface area contributed by atoms with Crippen molar-refractivity contribution < 1.29 is 13.9 Å². The van der Waals surface area contributed by atoms with Crippen LogP contribution < -0.4 is 4.90 Å². The number of nitrogens with zero attached hydrogens (tertiary/aromatic N) is 5. The van der Waals surface area contributed by atoms with Crippen LogP contribution in [-0.4, -0.2) is 44.1 Å². The monoisotopic (exact) mass is 446 g/mol. The number of nitriles is 1. The van der Waals surface area contributed by atoms with E-state index in [-0.39, 0.29) is 31.2 Å². The largest absolute Gasteiger partial charge is 0.508 e. The smallest absolute Gasteiger partial charge is 0.267 e. The van der Waals surface area contributed by atoms with E-state index < -0.39 is 5.92 Å². The summed E-state index contributed by atoms with van der Waals surface area (Å²) in [5.74, 6) is -2.30. The number of benzene rings is 1. The maximum atomic E-state index is 13.5. The van der Waals surface area contributed by atoms with Crippen molar-refractivity contribution in [2.75, 3.05) is 18.0 Å². The number of halogens is 2. The van der Waals surface area contributed by atoms with E-state index in [1.54, 1.807) is 43.7 Å². The van der Waals surface area contributed by atoms with Crippen molar-refractivity contribution in [1.29, 1.82) is 5.26 Å². The van der Waals surface area contributed by atoms with Crippen LogP contribution in [0.15, 0.2) is 36.8 Å². The fourth-order valence-corrected chi connectivity index (χ4v) is 4.32. The molecule has 0 saturated carbocycles. The Labute approximate surface area is 188 Å². The highest BCUT2D eigenvalue weighted by Crippen LogP contribution is 2.37. The lowest BCUT2D eigenvalue weighted by molar-refractivity contribution is 0.0256. The van der Waals surface area contributed by atoms with Crippen molar-refractivity contribution in [3.8, 4) is 34.2 Å². The first kappa shape index (κ1) is 20.8. The lowest BCUT2D eigenvalue weighted by Gasteiger charge is -2.15. The predicted molar refractivity (Wildman–Crippen MR) is 120 cm³/mol. The molecule has 1 saturated heterocycles. The SMILES string of the molecule is Cc1ccc(O)c(C)c1-c1cnc2[nH]c(-c3cnc(N4CCC(F)(F)C4)nc3)cc2c1C#N. The summed E-state index contributed by atoms with van der Waals surface area (Å²) >= 11 is 0. The van der Waals surface area contributed by atoms with E-state index in [0.29, 0.717) is 39.0 Å². The number of anilines is 1. The summed E-state index contributed by atoms with van der Waals surface area (Å²) in [5, 5.41) is 20.8. The van der Waals surface area contributed by atoms with Crippen LogP contribution in [0.2, 0.25) is 0 Å². The van der Waals surface area contributed by atoms with Gasteiger partial charge in [-0.1, -0.05) is 6.07 Å². The van der Waals surface area contributed by atoms with Gasteiger partial charge in [-0.15, -0.1) is 0 Å². The summed E-state index contributed by atoms with van der Waals surface area (Å²) < 4.78 is 27.0. The van der Waals surface area contributed by atoms with E-state index in [4.69, 9.17) is 0 Å². The van der Waals surface area contributed by atoms with Gasteiger partial charge >= 0.3 is 0 Å². The van der Waals surface area contributed by atoms with E-state index in [1.807, 2.05) is 6.92 Å². The lowest BCUT2D eigenvalue weighted by atomic mass is 9.92. The Bertz CT molecular complexity index is 1420. The van der Waals surface area contributed by atoms with Gasteiger partial charge in [-0.05, 0) is 42.7 Å². The van der Waals surface area contributed by atoms with Gasteiger partial charge in [-0.2, -0.15) is 5.26 Å². The van der Waals surface area contributed by atoms with Crippen molar-refractivity contribution in [1.82, 2.24) is 19.9 Å². The van der Waals surface area contributed by atoms with Crippen LogP contribution in [0.1, 0.15) is 23.1 Å². The molecule has 1 aromatic carbocycles. The van der Waals surface area contributed by atoms with Crippen molar-refractivity contribution in [3.05, 3.63) is 53.5 Å². The van der Waals surface area contributed by atoms with Gasteiger partial charge in [0.2, 0.25) is 5.95 Å². The maximum Gasteiger partial charge on any atom is 0.267 e. The van der Waals surface area contributed by atoms with Gasteiger partial charge in [0.1, 0.15) is 17.5 Å². The third-order valence-corrected chi connectivity index (χ3v) is 6.09. The fourth-order valence-electron chi connectivity index (χ4n) is 4.32. The number of aromatic hydroxyl groups is 1. The zero-order valence-electron chi connectivity index (χ0n) is 18.0. The molecule has 3 aromatic heterocycles. The first-order chi connectivity index (χ1) is 15.8. The highest BCUT2D eigenvalue weighted by molar-refractivity contribution is 5.94. The van der Waals surface area contributed by atoms with Crippen LogP contribution in [0.5, 0.6) is 5.75 Å². The Hall–Kier alpha value is -4.06. The van der Waals surface area contributed by atoms with Gasteiger partial charge in [0.05, 0.1) is 17.8 Å². The number of hydrogen-bond donors (Lipinski definition) is 2. The Morgan fingerprint density at radius 1 is 1.15 bits per heavy atom. The fraction of sp³-hybridized carbons (Fsp3) is 0.250. The van der Waals surface area contributed by atoms with Crippen LogP contribution in [0, 0.1) is 25.2 Å². The Morgan fingerprint density at radius 3 is 2.58 bits per heavy atom. The standard InChI is InChI=1S/C24H20F2N6O/c1-13-3-4-20(33)14(2)21(13)18-11-28-22-16(17(18)8-27)7-19(31-22)15-9-29-23(30-10-15)32-6-5-24(25,26)12-32/h3-4,7,9-11,33H,5-6,12H2,1-2H3,(H,28,31). The lowest BCUT2D eigenvalue weighted by Crippen LogP contribution is -2.26. The van der Waals surface area contributed by atoms with Gasteiger partial charge in [0, 0.05) is 48.1 Å². The highest BCUT2D eigenvalue weighted by Gasteiger charge is 2.39. The molecule has 0 bridgehead atoms. The number of phenols is 1. The Kier molecular flexibility index (Phi) is 4.74. The van der Waals surface area contributed by atoms with E-state index in [9.17, 15) is 19.1 Å².